The van der Waals surface area contributed by atoms with E-state index >= 15 is 0 Å². The van der Waals surface area contributed by atoms with Gasteiger partial charge in [0.2, 0.25) is 10.0 Å². The Kier molecular flexibility index (Phi) is 3.82. The van der Waals surface area contributed by atoms with Gasteiger partial charge in [-0.3, -0.25) is 0 Å². The first-order chi connectivity index (χ1) is 8.31. The standard InChI is InChI=1S/C12H16BrNO3S/c1-12(15)6-3-7-14(9-12)18(16,17)11-5-2-4-10(13)8-11/h2,4-5,8,15H,3,6-7,9H2,1H3. The normalized spacial score (nSPS) is 26.2. The van der Waals surface area contributed by atoms with Crippen molar-refractivity contribution in [2.75, 3.05) is 13.1 Å². The Hall–Kier alpha value is -0.430. The summed E-state index contributed by atoms with van der Waals surface area (Å²) in [4.78, 5) is 0.259. The average molecular weight is 334 g/mol. The summed E-state index contributed by atoms with van der Waals surface area (Å²) in [6.45, 7) is 2.29. The minimum Gasteiger partial charge on any atom is -0.389 e. The Morgan fingerprint density at radius 2 is 2.17 bits per heavy atom. The van der Waals surface area contributed by atoms with Crippen molar-refractivity contribution in [2.24, 2.45) is 0 Å². The molecule has 0 radical (unpaired) electrons. The van der Waals surface area contributed by atoms with E-state index in [0.29, 0.717) is 19.4 Å². The Labute approximate surface area is 116 Å². The smallest absolute Gasteiger partial charge is 0.243 e. The fourth-order valence-corrected chi connectivity index (χ4v) is 4.35. The largest absolute Gasteiger partial charge is 0.389 e. The van der Waals surface area contributed by atoms with Crippen LogP contribution in [0.25, 0.3) is 0 Å². The highest BCUT2D eigenvalue weighted by Crippen LogP contribution is 2.27. The number of aliphatic hydroxyl groups is 1. The van der Waals surface area contributed by atoms with Crippen molar-refractivity contribution in [1.82, 2.24) is 4.31 Å². The summed E-state index contributed by atoms with van der Waals surface area (Å²) in [6, 6.07) is 6.63. The van der Waals surface area contributed by atoms with Crippen LogP contribution < -0.4 is 0 Å². The highest BCUT2D eigenvalue weighted by Gasteiger charge is 2.35. The van der Waals surface area contributed by atoms with Crippen LogP contribution >= 0.6 is 15.9 Å². The lowest BCUT2D eigenvalue weighted by Crippen LogP contribution is -2.48. The number of rotatable bonds is 2. The van der Waals surface area contributed by atoms with Crippen molar-refractivity contribution in [3.05, 3.63) is 28.7 Å². The third kappa shape index (κ3) is 2.93. The molecule has 1 fully saturated rings. The summed E-state index contributed by atoms with van der Waals surface area (Å²) < 4.78 is 26.9. The molecule has 1 unspecified atom stereocenters. The molecule has 0 amide bonds. The molecule has 100 valence electrons. The molecule has 1 aliphatic heterocycles. The fourth-order valence-electron chi connectivity index (χ4n) is 2.16. The van der Waals surface area contributed by atoms with Crippen LogP contribution in [0.2, 0.25) is 0 Å². The third-order valence-electron chi connectivity index (χ3n) is 3.07. The molecule has 0 bridgehead atoms. The molecule has 1 aromatic carbocycles. The van der Waals surface area contributed by atoms with E-state index in [4.69, 9.17) is 0 Å². The summed E-state index contributed by atoms with van der Waals surface area (Å²) >= 11 is 3.27. The molecular weight excluding hydrogens is 318 g/mol. The number of nitrogens with zero attached hydrogens (tertiary/aromatic N) is 1. The van der Waals surface area contributed by atoms with E-state index in [9.17, 15) is 13.5 Å². The van der Waals surface area contributed by atoms with Gasteiger partial charge < -0.3 is 5.11 Å². The van der Waals surface area contributed by atoms with Crippen molar-refractivity contribution in [1.29, 1.82) is 0 Å². The number of piperidine rings is 1. The number of sulfonamides is 1. The van der Waals surface area contributed by atoms with Crippen LogP contribution in [0, 0.1) is 0 Å². The van der Waals surface area contributed by atoms with Crippen molar-refractivity contribution < 1.29 is 13.5 Å². The quantitative estimate of drug-likeness (QED) is 0.900. The second-order valence-corrected chi connectivity index (χ2v) is 7.75. The molecule has 1 atom stereocenters. The Bertz CT molecular complexity index is 542. The molecule has 6 heteroatoms. The summed E-state index contributed by atoms with van der Waals surface area (Å²) in [7, 11) is -3.51. The molecule has 0 saturated carbocycles. The van der Waals surface area contributed by atoms with Crippen molar-refractivity contribution in [3.8, 4) is 0 Å². The highest BCUT2D eigenvalue weighted by molar-refractivity contribution is 9.10. The van der Waals surface area contributed by atoms with Crippen molar-refractivity contribution >= 4 is 26.0 Å². The summed E-state index contributed by atoms with van der Waals surface area (Å²) in [5.74, 6) is 0. The van der Waals surface area contributed by atoms with Gasteiger partial charge in [-0.2, -0.15) is 4.31 Å². The molecule has 1 saturated heterocycles. The van der Waals surface area contributed by atoms with Gasteiger partial charge in [0.1, 0.15) is 0 Å². The van der Waals surface area contributed by atoms with Crippen LogP contribution in [-0.4, -0.2) is 36.5 Å². The van der Waals surface area contributed by atoms with Crippen LogP contribution in [0.1, 0.15) is 19.8 Å². The zero-order valence-electron chi connectivity index (χ0n) is 10.1. The number of halogens is 1. The van der Waals surface area contributed by atoms with E-state index in [1.807, 2.05) is 0 Å². The molecule has 4 nitrogen and oxygen atoms in total. The Morgan fingerprint density at radius 3 is 2.78 bits per heavy atom. The van der Waals surface area contributed by atoms with Crippen molar-refractivity contribution in [2.45, 2.75) is 30.3 Å². The third-order valence-corrected chi connectivity index (χ3v) is 5.41. The molecule has 2 rings (SSSR count). The fraction of sp³-hybridized carbons (Fsp3) is 0.500. The topological polar surface area (TPSA) is 57.6 Å². The van der Waals surface area contributed by atoms with Gasteiger partial charge in [0.25, 0.3) is 0 Å². The second-order valence-electron chi connectivity index (χ2n) is 4.90. The first-order valence-electron chi connectivity index (χ1n) is 5.79. The molecule has 1 aromatic rings. The van der Waals surface area contributed by atoms with Gasteiger partial charge in [0.15, 0.2) is 0 Å². The number of benzene rings is 1. The van der Waals surface area contributed by atoms with E-state index in [0.717, 1.165) is 4.47 Å². The molecule has 1 heterocycles. The maximum Gasteiger partial charge on any atom is 0.243 e. The molecular formula is C12H16BrNO3S. The van der Waals surface area contributed by atoms with E-state index < -0.39 is 15.6 Å². The lowest BCUT2D eigenvalue weighted by Gasteiger charge is -2.35. The monoisotopic (exact) mass is 333 g/mol. The van der Waals surface area contributed by atoms with Crippen LogP contribution in [0.15, 0.2) is 33.6 Å². The van der Waals surface area contributed by atoms with E-state index in [1.165, 1.54) is 4.31 Å². The van der Waals surface area contributed by atoms with Crippen LogP contribution in [0.5, 0.6) is 0 Å². The lowest BCUT2D eigenvalue weighted by molar-refractivity contribution is 0.00940. The zero-order chi connectivity index (χ0) is 13.4. The maximum absolute atomic E-state index is 12.4. The van der Waals surface area contributed by atoms with Gasteiger partial charge in [-0.15, -0.1) is 0 Å². The SMILES string of the molecule is CC1(O)CCCN(S(=O)(=O)c2cccc(Br)c2)C1. The molecule has 18 heavy (non-hydrogen) atoms. The number of hydrogen-bond acceptors (Lipinski definition) is 3. The molecule has 1 N–H and O–H groups in total. The van der Waals surface area contributed by atoms with E-state index in [1.54, 1.807) is 31.2 Å². The minimum atomic E-state index is -3.51. The Balaban J connectivity index is 2.31. The average Bonchev–Trinajstić information content (AvgIpc) is 2.27. The van der Waals surface area contributed by atoms with Crippen LogP contribution in [0.4, 0.5) is 0 Å². The van der Waals surface area contributed by atoms with Crippen molar-refractivity contribution in [3.63, 3.8) is 0 Å². The van der Waals surface area contributed by atoms with Gasteiger partial charge >= 0.3 is 0 Å². The first-order valence-corrected chi connectivity index (χ1v) is 8.03. The maximum atomic E-state index is 12.4. The number of β-amino-alcohol motifs (C(OH)–C–C–N with tert-alkyl or cyclic N) is 1. The zero-order valence-corrected chi connectivity index (χ0v) is 12.5. The van der Waals surface area contributed by atoms with Gasteiger partial charge in [-0.1, -0.05) is 22.0 Å². The van der Waals surface area contributed by atoms with Crippen LogP contribution in [-0.2, 0) is 10.0 Å². The molecule has 0 aliphatic carbocycles. The highest BCUT2D eigenvalue weighted by atomic mass is 79.9. The first kappa shape index (κ1) is 14.0. The lowest BCUT2D eigenvalue weighted by atomic mass is 9.97. The predicted octanol–water partition coefficient (Wildman–Crippen LogP) is 1.98. The molecule has 0 spiro atoms. The van der Waals surface area contributed by atoms with Gasteiger partial charge in [-0.25, -0.2) is 8.42 Å². The van der Waals surface area contributed by atoms with Gasteiger partial charge in [0, 0.05) is 17.6 Å². The predicted molar refractivity (Wildman–Crippen MR) is 72.8 cm³/mol. The molecule has 0 aromatic heterocycles. The number of hydrogen-bond donors (Lipinski definition) is 1. The summed E-state index contributed by atoms with van der Waals surface area (Å²) in [6.07, 6.45) is 1.32. The van der Waals surface area contributed by atoms with Crippen LogP contribution in [0.3, 0.4) is 0 Å². The summed E-state index contributed by atoms with van der Waals surface area (Å²) in [5.41, 5.74) is -0.933. The van der Waals surface area contributed by atoms with E-state index in [2.05, 4.69) is 15.9 Å². The van der Waals surface area contributed by atoms with Gasteiger partial charge in [-0.05, 0) is 38.0 Å². The summed E-state index contributed by atoms with van der Waals surface area (Å²) in [5, 5.41) is 9.99. The minimum absolute atomic E-state index is 0.155. The van der Waals surface area contributed by atoms with Gasteiger partial charge in [0.05, 0.1) is 10.5 Å². The van der Waals surface area contributed by atoms with E-state index in [-0.39, 0.29) is 11.4 Å². The second kappa shape index (κ2) is 4.92. The Morgan fingerprint density at radius 1 is 1.44 bits per heavy atom. The molecule has 1 aliphatic rings.